The number of anilines is 1. The Morgan fingerprint density at radius 1 is 1.09 bits per heavy atom. The van der Waals surface area contributed by atoms with Crippen molar-refractivity contribution in [3.8, 4) is 0 Å². The Kier molecular flexibility index (Phi) is 4.76. The molecule has 1 saturated heterocycles. The molecule has 2 amide bonds. The highest BCUT2D eigenvalue weighted by molar-refractivity contribution is 5.95. The molecule has 1 aliphatic carbocycles. The van der Waals surface area contributed by atoms with Crippen molar-refractivity contribution in [3.05, 3.63) is 29.8 Å². The quantitative estimate of drug-likeness (QED) is 0.929. The van der Waals surface area contributed by atoms with E-state index in [1.807, 2.05) is 29.2 Å². The van der Waals surface area contributed by atoms with Crippen molar-refractivity contribution >= 4 is 17.5 Å². The lowest BCUT2D eigenvalue weighted by Gasteiger charge is -2.22. The van der Waals surface area contributed by atoms with Crippen LogP contribution >= 0.6 is 0 Å². The molecule has 1 saturated carbocycles. The summed E-state index contributed by atoms with van der Waals surface area (Å²) >= 11 is 0. The number of carbonyl (C=O) groups excluding carboxylic acids is 2. The Morgan fingerprint density at radius 2 is 1.82 bits per heavy atom. The van der Waals surface area contributed by atoms with Gasteiger partial charge in [-0.1, -0.05) is 31.4 Å². The highest BCUT2D eigenvalue weighted by Gasteiger charge is 2.21. The second-order valence-electron chi connectivity index (χ2n) is 6.39. The maximum Gasteiger partial charge on any atom is 0.227 e. The summed E-state index contributed by atoms with van der Waals surface area (Å²) in [4.78, 5) is 25.6. The number of hydrogen-bond donors (Lipinski definition) is 1. The molecule has 0 bridgehead atoms. The van der Waals surface area contributed by atoms with Crippen LogP contribution in [-0.2, 0) is 16.0 Å². The molecule has 0 atom stereocenters. The predicted octanol–water partition coefficient (Wildman–Crippen LogP) is 2.80. The molecule has 1 N–H and O–H groups in total. The number of rotatable bonds is 4. The third-order valence-electron chi connectivity index (χ3n) is 4.66. The van der Waals surface area contributed by atoms with Gasteiger partial charge >= 0.3 is 0 Å². The normalized spacial score (nSPS) is 19.5. The summed E-state index contributed by atoms with van der Waals surface area (Å²) in [7, 11) is 0. The van der Waals surface area contributed by atoms with E-state index < -0.39 is 0 Å². The van der Waals surface area contributed by atoms with Gasteiger partial charge in [0.1, 0.15) is 0 Å². The molecule has 1 aromatic rings. The fourth-order valence-electron chi connectivity index (χ4n) is 3.43. The molecule has 2 aliphatic rings. The maximum atomic E-state index is 12.1. The van der Waals surface area contributed by atoms with Crippen LogP contribution in [0.15, 0.2) is 24.3 Å². The number of hydrogen-bond acceptors (Lipinski definition) is 2. The van der Waals surface area contributed by atoms with Gasteiger partial charge in [-0.05, 0) is 37.0 Å². The van der Waals surface area contributed by atoms with Crippen LogP contribution < -0.4 is 10.2 Å². The van der Waals surface area contributed by atoms with Gasteiger partial charge in [-0.2, -0.15) is 0 Å². The van der Waals surface area contributed by atoms with E-state index in [9.17, 15) is 9.59 Å². The molecule has 4 nitrogen and oxygen atoms in total. The van der Waals surface area contributed by atoms with E-state index in [1.165, 1.54) is 19.3 Å². The molecule has 3 rings (SSSR count). The molecule has 0 aromatic heterocycles. The van der Waals surface area contributed by atoms with E-state index >= 15 is 0 Å². The minimum atomic E-state index is 0.108. The highest BCUT2D eigenvalue weighted by Crippen LogP contribution is 2.22. The van der Waals surface area contributed by atoms with Crippen molar-refractivity contribution in [1.82, 2.24) is 5.32 Å². The van der Waals surface area contributed by atoms with Crippen molar-refractivity contribution in [3.63, 3.8) is 0 Å². The highest BCUT2D eigenvalue weighted by atomic mass is 16.2. The van der Waals surface area contributed by atoms with Gasteiger partial charge < -0.3 is 10.2 Å². The number of nitrogens with zero attached hydrogens (tertiary/aromatic N) is 1. The predicted molar refractivity (Wildman–Crippen MR) is 86.7 cm³/mol. The zero-order valence-corrected chi connectivity index (χ0v) is 13.0. The second kappa shape index (κ2) is 6.95. The van der Waals surface area contributed by atoms with Gasteiger partial charge in [0.2, 0.25) is 11.8 Å². The molecule has 0 spiro atoms. The SMILES string of the molecule is O=C(Cc1ccc(N2CCCC2=O)cc1)NC1CCCCC1. The van der Waals surface area contributed by atoms with Crippen LogP contribution in [0.5, 0.6) is 0 Å². The van der Waals surface area contributed by atoms with Gasteiger partial charge in [-0.3, -0.25) is 9.59 Å². The molecule has 4 heteroatoms. The molecule has 1 aliphatic heterocycles. The maximum absolute atomic E-state index is 12.1. The minimum Gasteiger partial charge on any atom is -0.353 e. The van der Waals surface area contributed by atoms with E-state index in [4.69, 9.17) is 0 Å². The lowest BCUT2D eigenvalue weighted by molar-refractivity contribution is -0.121. The molecular weight excluding hydrogens is 276 g/mol. The molecule has 2 fully saturated rings. The van der Waals surface area contributed by atoms with Crippen molar-refractivity contribution in [2.45, 2.75) is 57.4 Å². The smallest absolute Gasteiger partial charge is 0.227 e. The zero-order chi connectivity index (χ0) is 15.4. The summed E-state index contributed by atoms with van der Waals surface area (Å²) in [6, 6.07) is 8.18. The van der Waals surface area contributed by atoms with Crippen LogP contribution in [-0.4, -0.2) is 24.4 Å². The summed E-state index contributed by atoms with van der Waals surface area (Å²) in [5.41, 5.74) is 1.95. The first-order valence-electron chi connectivity index (χ1n) is 8.41. The topological polar surface area (TPSA) is 49.4 Å². The number of carbonyl (C=O) groups is 2. The van der Waals surface area contributed by atoms with Crippen molar-refractivity contribution in [2.75, 3.05) is 11.4 Å². The zero-order valence-electron chi connectivity index (χ0n) is 13.0. The molecular formula is C18H24N2O2. The van der Waals surface area contributed by atoms with Gasteiger partial charge in [-0.25, -0.2) is 0 Å². The van der Waals surface area contributed by atoms with Crippen molar-refractivity contribution in [1.29, 1.82) is 0 Å². The number of amides is 2. The Morgan fingerprint density at radius 3 is 2.45 bits per heavy atom. The first-order chi connectivity index (χ1) is 10.7. The fraction of sp³-hybridized carbons (Fsp3) is 0.556. The van der Waals surface area contributed by atoms with Crippen molar-refractivity contribution in [2.24, 2.45) is 0 Å². The van der Waals surface area contributed by atoms with Crippen molar-refractivity contribution < 1.29 is 9.59 Å². The van der Waals surface area contributed by atoms with E-state index in [1.54, 1.807) is 0 Å². The Labute approximate surface area is 131 Å². The Bertz CT molecular complexity index is 533. The summed E-state index contributed by atoms with van der Waals surface area (Å²) in [5, 5.41) is 3.14. The molecule has 118 valence electrons. The van der Waals surface area contributed by atoms with E-state index in [2.05, 4.69) is 5.32 Å². The van der Waals surface area contributed by atoms with Crippen LogP contribution in [0.25, 0.3) is 0 Å². The van der Waals surface area contributed by atoms with Gasteiger partial charge in [0.25, 0.3) is 0 Å². The van der Waals surface area contributed by atoms with E-state index in [0.29, 0.717) is 18.9 Å². The standard InChI is InChI=1S/C18H24N2O2/c21-17(19-15-5-2-1-3-6-15)13-14-8-10-16(11-9-14)20-12-4-7-18(20)22/h8-11,15H,1-7,12-13H2,(H,19,21). The molecule has 0 unspecified atom stereocenters. The molecule has 1 heterocycles. The van der Waals surface area contributed by atoms with Crippen LogP contribution in [0.4, 0.5) is 5.69 Å². The van der Waals surface area contributed by atoms with Gasteiger partial charge in [-0.15, -0.1) is 0 Å². The third-order valence-corrected chi connectivity index (χ3v) is 4.66. The van der Waals surface area contributed by atoms with Crippen LogP contribution in [0.2, 0.25) is 0 Å². The monoisotopic (exact) mass is 300 g/mol. The molecule has 1 aromatic carbocycles. The largest absolute Gasteiger partial charge is 0.353 e. The first-order valence-corrected chi connectivity index (χ1v) is 8.41. The van der Waals surface area contributed by atoms with E-state index in [-0.39, 0.29) is 11.8 Å². The van der Waals surface area contributed by atoms with E-state index in [0.717, 1.165) is 37.1 Å². The summed E-state index contributed by atoms with van der Waals surface area (Å²) in [6.07, 6.45) is 7.97. The van der Waals surface area contributed by atoms with Gasteiger partial charge in [0.15, 0.2) is 0 Å². The summed E-state index contributed by atoms with van der Waals surface area (Å²) < 4.78 is 0. The molecule has 22 heavy (non-hydrogen) atoms. The Hall–Kier alpha value is -1.84. The number of benzene rings is 1. The van der Waals surface area contributed by atoms with Crippen LogP contribution in [0, 0.1) is 0 Å². The average molecular weight is 300 g/mol. The lowest BCUT2D eigenvalue weighted by atomic mass is 9.95. The van der Waals surface area contributed by atoms with Gasteiger partial charge in [0, 0.05) is 24.7 Å². The average Bonchev–Trinajstić information content (AvgIpc) is 2.95. The molecule has 0 radical (unpaired) electrons. The minimum absolute atomic E-state index is 0.108. The summed E-state index contributed by atoms with van der Waals surface area (Å²) in [6.45, 7) is 0.806. The second-order valence-corrected chi connectivity index (χ2v) is 6.39. The number of nitrogens with one attached hydrogen (secondary N) is 1. The summed E-state index contributed by atoms with van der Waals surface area (Å²) in [5.74, 6) is 0.305. The van der Waals surface area contributed by atoms with Gasteiger partial charge in [0.05, 0.1) is 6.42 Å². The third kappa shape index (κ3) is 3.67. The Balaban J connectivity index is 1.54. The fourth-order valence-corrected chi connectivity index (χ4v) is 3.43. The first kappa shape index (κ1) is 15.1. The lowest BCUT2D eigenvalue weighted by Crippen LogP contribution is -2.37. The van der Waals surface area contributed by atoms with Crippen LogP contribution in [0.1, 0.15) is 50.5 Å². The van der Waals surface area contributed by atoms with Crippen LogP contribution in [0.3, 0.4) is 0 Å².